The van der Waals surface area contributed by atoms with Crippen LogP contribution in [0.25, 0.3) is 11.3 Å². The van der Waals surface area contributed by atoms with Crippen molar-refractivity contribution in [3.05, 3.63) is 42.0 Å². The van der Waals surface area contributed by atoms with Gasteiger partial charge in [0.15, 0.2) is 5.82 Å². The second-order valence-electron chi connectivity index (χ2n) is 8.75. The fourth-order valence-corrected chi connectivity index (χ4v) is 3.38. The monoisotopic (exact) mass is 439 g/mol. The molecule has 2 aromatic rings. The molecule has 0 radical (unpaired) electrons. The summed E-state index contributed by atoms with van der Waals surface area (Å²) in [6.45, 7) is 5.05. The minimum atomic E-state index is -2.31. The smallest absolute Gasteiger partial charge is 0.410 e. The molecule has 3 N–H and O–H groups in total. The number of ether oxygens (including phenoxy) is 1. The number of nitrogens with two attached hydrogens (primary N) is 1. The number of halogens is 1. The lowest BCUT2D eigenvalue weighted by atomic mass is 9.94. The van der Waals surface area contributed by atoms with Gasteiger partial charge in [0.2, 0.25) is 5.67 Å². The Morgan fingerprint density at radius 2 is 2.06 bits per heavy atom. The minimum absolute atomic E-state index is 0.0151. The molecule has 0 saturated carbocycles. The van der Waals surface area contributed by atoms with Crippen LogP contribution in [0.15, 0.2) is 36.4 Å². The Morgan fingerprint density at radius 1 is 1.31 bits per heavy atom. The topological polar surface area (TPSA) is 121 Å². The number of carbonyl (C=O) groups is 2. The molecule has 1 unspecified atom stereocenters. The summed E-state index contributed by atoms with van der Waals surface area (Å²) in [5, 5.41) is 11.6. The molecule has 168 valence electrons. The number of rotatable bonds is 3. The van der Waals surface area contributed by atoms with E-state index in [1.807, 2.05) is 0 Å². The predicted molar refractivity (Wildman–Crippen MR) is 118 cm³/mol. The Balaban J connectivity index is 1.78. The lowest BCUT2D eigenvalue weighted by Gasteiger charge is -2.36. The van der Waals surface area contributed by atoms with E-state index in [9.17, 15) is 9.59 Å². The maximum atomic E-state index is 15.6. The van der Waals surface area contributed by atoms with Gasteiger partial charge in [-0.05, 0) is 57.9 Å². The highest BCUT2D eigenvalue weighted by atomic mass is 19.1. The molecular weight excluding hydrogens is 413 g/mol. The number of likely N-dealkylation sites (tertiary alicyclic amines) is 1. The average Bonchev–Trinajstić information content (AvgIpc) is 2.74. The average molecular weight is 439 g/mol. The van der Waals surface area contributed by atoms with Crippen molar-refractivity contribution in [2.75, 3.05) is 24.1 Å². The highest BCUT2D eigenvalue weighted by molar-refractivity contribution is 5.99. The molecule has 1 aromatic carbocycles. The maximum absolute atomic E-state index is 15.6. The lowest BCUT2D eigenvalue weighted by molar-refractivity contribution is -0.130. The summed E-state index contributed by atoms with van der Waals surface area (Å²) in [6, 6.07) is 12.1. The number of nitrogen functional groups attached to an aromatic ring is 1. The van der Waals surface area contributed by atoms with Crippen LogP contribution in [0.5, 0.6) is 0 Å². The largest absolute Gasteiger partial charge is 0.444 e. The van der Waals surface area contributed by atoms with Gasteiger partial charge in [-0.25, -0.2) is 14.2 Å². The molecule has 3 rings (SSSR count). The third kappa shape index (κ3) is 5.32. The molecule has 0 bridgehead atoms. The summed E-state index contributed by atoms with van der Waals surface area (Å²) < 4.78 is 20.9. The van der Waals surface area contributed by atoms with Crippen molar-refractivity contribution in [2.24, 2.45) is 0 Å². The normalized spacial score (nSPS) is 18.5. The van der Waals surface area contributed by atoms with Crippen molar-refractivity contribution in [1.82, 2.24) is 9.88 Å². The van der Waals surface area contributed by atoms with E-state index < -0.39 is 29.8 Å². The van der Waals surface area contributed by atoms with Crippen LogP contribution < -0.4 is 11.1 Å². The zero-order valence-electron chi connectivity index (χ0n) is 18.3. The Labute approximate surface area is 186 Å². The highest BCUT2D eigenvalue weighted by Crippen LogP contribution is 2.30. The van der Waals surface area contributed by atoms with Gasteiger partial charge in [0.1, 0.15) is 5.60 Å². The number of hydrogen-bond acceptors (Lipinski definition) is 6. The number of hydrogen-bond donors (Lipinski definition) is 2. The summed E-state index contributed by atoms with van der Waals surface area (Å²) in [7, 11) is 0. The van der Waals surface area contributed by atoms with Crippen molar-refractivity contribution in [3.8, 4) is 17.3 Å². The number of anilines is 2. The van der Waals surface area contributed by atoms with E-state index >= 15 is 4.39 Å². The molecule has 1 aromatic heterocycles. The molecule has 9 heteroatoms. The highest BCUT2D eigenvalue weighted by Gasteiger charge is 2.45. The van der Waals surface area contributed by atoms with Gasteiger partial charge in [-0.2, -0.15) is 5.26 Å². The van der Waals surface area contributed by atoms with E-state index in [0.717, 1.165) is 0 Å². The third-order valence-corrected chi connectivity index (χ3v) is 4.95. The first-order chi connectivity index (χ1) is 15.0. The molecular formula is C23H26FN5O3. The first-order valence-electron chi connectivity index (χ1n) is 10.3. The first-order valence-corrected chi connectivity index (χ1v) is 10.3. The molecule has 1 saturated heterocycles. The van der Waals surface area contributed by atoms with Crippen molar-refractivity contribution in [2.45, 2.75) is 44.9 Å². The van der Waals surface area contributed by atoms with Crippen LogP contribution in [0.4, 0.5) is 20.7 Å². The number of piperidine rings is 1. The van der Waals surface area contributed by atoms with E-state index in [1.54, 1.807) is 57.2 Å². The molecule has 2 heterocycles. The Bertz CT molecular complexity index is 1080. The number of nitriles is 1. The molecule has 32 heavy (non-hydrogen) atoms. The van der Waals surface area contributed by atoms with Crippen LogP contribution in [-0.4, -0.2) is 46.2 Å². The number of alkyl halides is 1. The quantitative estimate of drug-likeness (QED) is 0.749. The van der Waals surface area contributed by atoms with E-state index in [4.69, 9.17) is 15.7 Å². The molecule has 0 aliphatic carbocycles. The number of nitrogens with one attached hydrogen (secondary N) is 1. The minimum Gasteiger partial charge on any atom is -0.444 e. The van der Waals surface area contributed by atoms with Crippen LogP contribution in [0.3, 0.4) is 0 Å². The summed E-state index contributed by atoms with van der Waals surface area (Å²) in [5.41, 5.74) is 4.68. The van der Waals surface area contributed by atoms with Gasteiger partial charge >= 0.3 is 6.09 Å². The van der Waals surface area contributed by atoms with Crippen LogP contribution in [0.1, 0.15) is 39.2 Å². The van der Waals surface area contributed by atoms with Gasteiger partial charge in [0.25, 0.3) is 5.91 Å². The zero-order chi connectivity index (χ0) is 23.5. The number of carbonyl (C=O) groups excluding carboxylic acids is 2. The number of aromatic nitrogens is 1. The summed E-state index contributed by atoms with van der Waals surface area (Å²) in [5.74, 6) is -0.908. The molecule has 2 amide bonds. The van der Waals surface area contributed by atoms with Crippen LogP contribution in [-0.2, 0) is 9.53 Å². The van der Waals surface area contributed by atoms with Gasteiger partial charge in [0, 0.05) is 12.1 Å². The molecule has 1 atom stereocenters. The molecule has 1 fully saturated rings. The molecule has 1 aliphatic heterocycles. The van der Waals surface area contributed by atoms with Gasteiger partial charge in [-0.15, -0.1) is 0 Å². The van der Waals surface area contributed by atoms with Crippen molar-refractivity contribution >= 4 is 23.5 Å². The number of benzene rings is 1. The van der Waals surface area contributed by atoms with E-state index in [0.29, 0.717) is 29.8 Å². The number of amides is 2. The Hall–Kier alpha value is -3.67. The van der Waals surface area contributed by atoms with Crippen molar-refractivity contribution in [3.63, 3.8) is 0 Å². The molecule has 0 spiro atoms. The van der Waals surface area contributed by atoms with Gasteiger partial charge in [-0.3, -0.25) is 4.79 Å². The fraction of sp³-hybridized carbons (Fsp3) is 0.391. The Kier molecular flexibility index (Phi) is 6.35. The second kappa shape index (κ2) is 8.83. The predicted octanol–water partition coefficient (Wildman–Crippen LogP) is 3.88. The van der Waals surface area contributed by atoms with Gasteiger partial charge in [0.05, 0.1) is 29.6 Å². The maximum Gasteiger partial charge on any atom is 0.410 e. The van der Waals surface area contributed by atoms with E-state index in [-0.39, 0.29) is 17.9 Å². The third-order valence-electron chi connectivity index (χ3n) is 4.95. The van der Waals surface area contributed by atoms with E-state index in [2.05, 4.69) is 16.4 Å². The number of pyridine rings is 1. The summed E-state index contributed by atoms with van der Waals surface area (Å²) in [4.78, 5) is 30.7. The van der Waals surface area contributed by atoms with Crippen molar-refractivity contribution in [1.29, 1.82) is 5.26 Å². The zero-order valence-corrected chi connectivity index (χ0v) is 18.3. The van der Waals surface area contributed by atoms with E-state index in [1.165, 1.54) is 4.90 Å². The number of nitrogens with zero attached hydrogens (tertiary/aromatic N) is 3. The first kappa shape index (κ1) is 23.0. The van der Waals surface area contributed by atoms with Crippen LogP contribution >= 0.6 is 0 Å². The fourth-order valence-electron chi connectivity index (χ4n) is 3.38. The summed E-state index contributed by atoms with van der Waals surface area (Å²) in [6.07, 6.45) is -0.390. The standard InChI is InChI=1S/C23H26FN5O3/c1-22(2,3)32-21(31)29-11-5-10-23(24,14-29)20(30)28-19-17(26)8-9-18(27-19)16-7-4-6-15(12-16)13-25/h4,6-9,12H,5,10-11,14,26H2,1-3H3,(H,27,28,30). The molecule has 1 aliphatic rings. The lowest BCUT2D eigenvalue weighted by Crippen LogP contribution is -2.54. The van der Waals surface area contributed by atoms with Crippen LogP contribution in [0.2, 0.25) is 0 Å². The SMILES string of the molecule is CC(C)(C)OC(=O)N1CCCC(F)(C(=O)Nc2nc(-c3cccc(C#N)c3)ccc2N)C1. The second-order valence-corrected chi connectivity index (χ2v) is 8.75. The van der Waals surface area contributed by atoms with Gasteiger partial charge in [-0.1, -0.05) is 12.1 Å². The van der Waals surface area contributed by atoms with Crippen molar-refractivity contribution < 1.29 is 18.7 Å². The Morgan fingerprint density at radius 3 is 2.75 bits per heavy atom. The summed E-state index contributed by atoms with van der Waals surface area (Å²) >= 11 is 0. The molecule has 8 nitrogen and oxygen atoms in total. The van der Waals surface area contributed by atoms with Crippen LogP contribution in [0, 0.1) is 11.3 Å². The van der Waals surface area contributed by atoms with Gasteiger partial charge < -0.3 is 20.7 Å².